The van der Waals surface area contributed by atoms with Gasteiger partial charge < -0.3 is 4.74 Å². The monoisotopic (exact) mass is 408 g/mol. The molecule has 0 radical (unpaired) electrons. The van der Waals surface area contributed by atoms with E-state index < -0.39 is 35.9 Å². The number of nitrogens with zero attached hydrogens (tertiary/aromatic N) is 3. The molecule has 29 heavy (non-hydrogen) atoms. The van der Waals surface area contributed by atoms with Crippen molar-refractivity contribution in [1.82, 2.24) is 14.5 Å². The van der Waals surface area contributed by atoms with Gasteiger partial charge in [-0.15, -0.1) is 0 Å². The van der Waals surface area contributed by atoms with E-state index >= 15 is 0 Å². The number of aromatic nitrogens is 3. The first kappa shape index (κ1) is 20.1. The number of amides is 1. The number of pyridine rings is 1. The zero-order valence-electron chi connectivity index (χ0n) is 15.3. The van der Waals surface area contributed by atoms with Gasteiger partial charge in [0.05, 0.1) is 12.7 Å². The second kappa shape index (κ2) is 7.41. The Hall–Kier alpha value is -3.63. The highest BCUT2D eigenvalue weighted by Gasteiger charge is 2.34. The molecule has 0 spiro atoms. The first-order chi connectivity index (χ1) is 13.6. The summed E-state index contributed by atoms with van der Waals surface area (Å²) < 4.78 is 44.6. The summed E-state index contributed by atoms with van der Waals surface area (Å²) in [7, 11) is 1.17. The number of alkyl halides is 3. The summed E-state index contributed by atoms with van der Waals surface area (Å²) in [5.74, 6) is -1.53. The third-order valence-corrected chi connectivity index (χ3v) is 4.14. The zero-order valence-corrected chi connectivity index (χ0v) is 15.3. The number of ether oxygens (including phenoxy) is 1. The fourth-order valence-corrected chi connectivity index (χ4v) is 2.76. The molecule has 3 rings (SSSR count). The van der Waals surface area contributed by atoms with Crippen LogP contribution in [0, 0.1) is 6.92 Å². The highest BCUT2D eigenvalue weighted by atomic mass is 19.4. The molecule has 2 aromatic heterocycles. The molecule has 11 heteroatoms. The van der Waals surface area contributed by atoms with Crippen molar-refractivity contribution in [2.75, 3.05) is 12.5 Å². The molecule has 8 nitrogen and oxygen atoms in total. The number of methoxy groups -OCH3 is 1. The fourth-order valence-electron chi connectivity index (χ4n) is 2.76. The Labute approximate surface area is 161 Å². The first-order valence-corrected chi connectivity index (χ1v) is 8.26. The van der Waals surface area contributed by atoms with Crippen LogP contribution >= 0.6 is 0 Å². The largest absolute Gasteiger partial charge is 0.465 e. The number of fused-ring (bicyclic) bond motifs is 1. The van der Waals surface area contributed by atoms with Crippen molar-refractivity contribution in [3.63, 3.8) is 0 Å². The Kier molecular flexibility index (Phi) is 5.14. The van der Waals surface area contributed by atoms with E-state index in [0.717, 1.165) is 21.6 Å². The topological polar surface area (TPSA) is 95.2 Å². The number of carbonyl (C=O) groups is 2. The standard InChI is InChI=1S/C18H15F3N4O4/c1-10-7-14(18(19,20)21)22-24(10)9-15(26)23-25-8-13(17(28)29-2)11-5-3-4-6-12(11)16(25)27/h3-8H,9H2,1-2H3,(H,23,26). The average molecular weight is 408 g/mol. The highest BCUT2D eigenvalue weighted by Crippen LogP contribution is 2.28. The third-order valence-electron chi connectivity index (χ3n) is 4.14. The van der Waals surface area contributed by atoms with E-state index in [1.54, 1.807) is 18.2 Å². The van der Waals surface area contributed by atoms with Crippen LogP contribution in [0.25, 0.3) is 10.8 Å². The second-order valence-electron chi connectivity index (χ2n) is 6.12. The Balaban J connectivity index is 1.93. The SMILES string of the molecule is COC(=O)c1cn(NC(=O)Cn2nc(C(F)(F)F)cc2C)c(=O)c2ccccc12. The summed E-state index contributed by atoms with van der Waals surface area (Å²) >= 11 is 0. The van der Waals surface area contributed by atoms with Crippen molar-refractivity contribution in [3.05, 3.63) is 63.8 Å². The number of nitrogens with one attached hydrogen (secondary N) is 1. The molecule has 0 aliphatic carbocycles. The van der Waals surface area contributed by atoms with Gasteiger partial charge in [-0.2, -0.15) is 18.3 Å². The minimum Gasteiger partial charge on any atom is -0.465 e. The van der Waals surface area contributed by atoms with Crippen LogP contribution in [0.15, 0.2) is 41.3 Å². The zero-order chi connectivity index (χ0) is 21.3. The normalized spacial score (nSPS) is 11.5. The number of hydrogen-bond acceptors (Lipinski definition) is 5. The summed E-state index contributed by atoms with van der Waals surface area (Å²) in [4.78, 5) is 36.9. The molecule has 0 unspecified atom stereocenters. The maximum absolute atomic E-state index is 12.8. The van der Waals surface area contributed by atoms with E-state index in [-0.39, 0.29) is 16.6 Å². The van der Waals surface area contributed by atoms with Crippen LogP contribution in [0.5, 0.6) is 0 Å². The van der Waals surface area contributed by atoms with Gasteiger partial charge in [-0.25, -0.2) is 9.47 Å². The Morgan fingerprint density at radius 2 is 1.86 bits per heavy atom. The fraction of sp³-hybridized carbons (Fsp3) is 0.222. The number of carbonyl (C=O) groups excluding carboxylic acids is 2. The molecule has 3 aromatic rings. The van der Waals surface area contributed by atoms with Gasteiger partial charge >= 0.3 is 12.1 Å². The van der Waals surface area contributed by atoms with Crippen molar-refractivity contribution in [2.45, 2.75) is 19.6 Å². The van der Waals surface area contributed by atoms with E-state index in [1.807, 2.05) is 0 Å². The van der Waals surface area contributed by atoms with Gasteiger partial charge in [-0.1, -0.05) is 18.2 Å². The molecule has 0 aliphatic rings. The molecule has 2 heterocycles. The van der Waals surface area contributed by atoms with Crippen molar-refractivity contribution < 1.29 is 27.5 Å². The summed E-state index contributed by atoms with van der Waals surface area (Å²) in [6.07, 6.45) is -3.54. The van der Waals surface area contributed by atoms with Crippen LogP contribution < -0.4 is 11.0 Å². The van der Waals surface area contributed by atoms with E-state index in [4.69, 9.17) is 4.74 Å². The molecule has 0 fully saturated rings. The van der Waals surface area contributed by atoms with E-state index in [1.165, 1.54) is 20.1 Å². The Bertz CT molecular complexity index is 1160. The number of aryl methyl sites for hydroxylation is 1. The molecule has 0 saturated heterocycles. The molecule has 0 bridgehead atoms. The summed E-state index contributed by atoms with van der Waals surface area (Å²) in [6.45, 7) is 0.807. The molecular weight excluding hydrogens is 393 g/mol. The van der Waals surface area contributed by atoms with Gasteiger partial charge in [0, 0.05) is 22.7 Å². The Morgan fingerprint density at radius 1 is 1.21 bits per heavy atom. The molecule has 0 aliphatic heterocycles. The molecular formula is C18H15F3N4O4. The molecule has 1 N–H and O–H groups in total. The lowest BCUT2D eigenvalue weighted by Gasteiger charge is -2.12. The van der Waals surface area contributed by atoms with Crippen LogP contribution in [-0.2, 0) is 22.3 Å². The molecule has 1 aromatic carbocycles. The van der Waals surface area contributed by atoms with Gasteiger partial charge in [0.1, 0.15) is 6.54 Å². The highest BCUT2D eigenvalue weighted by molar-refractivity contribution is 6.04. The van der Waals surface area contributed by atoms with Crippen LogP contribution in [0.2, 0.25) is 0 Å². The van der Waals surface area contributed by atoms with E-state index in [0.29, 0.717) is 5.39 Å². The molecule has 1 amide bonds. The summed E-state index contributed by atoms with van der Waals surface area (Å²) in [6, 6.07) is 7.06. The molecule has 152 valence electrons. The van der Waals surface area contributed by atoms with Crippen LogP contribution in [0.3, 0.4) is 0 Å². The van der Waals surface area contributed by atoms with Crippen molar-refractivity contribution >= 4 is 22.6 Å². The van der Waals surface area contributed by atoms with Crippen molar-refractivity contribution in [3.8, 4) is 0 Å². The number of halogens is 3. The maximum Gasteiger partial charge on any atom is 0.435 e. The smallest absolute Gasteiger partial charge is 0.435 e. The lowest BCUT2D eigenvalue weighted by atomic mass is 10.1. The number of benzene rings is 1. The van der Waals surface area contributed by atoms with E-state index in [9.17, 15) is 27.6 Å². The minimum atomic E-state index is -4.64. The predicted molar refractivity (Wildman–Crippen MR) is 95.9 cm³/mol. The van der Waals surface area contributed by atoms with Gasteiger partial charge in [0.15, 0.2) is 5.69 Å². The Morgan fingerprint density at radius 3 is 2.45 bits per heavy atom. The maximum atomic E-state index is 12.8. The minimum absolute atomic E-state index is 0.0395. The van der Waals surface area contributed by atoms with Gasteiger partial charge in [-0.3, -0.25) is 19.7 Å². The number of rotatable bonds is 4. The second-order valence-corrected chi connectivity index (χ2v) is 6.12. The summed E-state index contributed by atoms with van der Waals surface area (Å²) in [5.41, 5.74) is 0.677. The quantitative estimate of drug-likeness (QED) is 0.667. The average Bonchev–Trinajstić information content (AvgIpc) is 3.04. The molecule has 0 saturated carbocycles. The summed E-state index contributed by atoms with van der Waals surface area (Å²) in [5, 5.41) is 3.86. The van der Waals surface area contributed by atoms with Crippen molar-refractivity contribution in [2.24, 2.45) is 0 Å². The molecule has 0 atom stereocenters. The first-order valence-electron chi connectivity index (χ1n) is 8.26. The third kappa shape index (κ3) is 3.98. The van der Waals surface area contributed by atoms with Gasteiger partial charge in [0.2, 0.25) is 0 Å². The van der Waals surface area contributed by atoms with E-state index in [2.05, 4.69) is 10.5 Å². The lowest BCUT2D eigenvalue weighted by molar-refractivity contribution is -0.141. The van der Waals surface area contributed by atoms with Crippen molar-refractivity contribution in [1.29, 1.82) is 0 Å². The number of esters is 1. The van der Waals surface area contributed by atoms with Gasteiger partial charge in [0.25, 0.3) is 11.5 Å². The lowest BCUT2D eigenvalue weighted by Crippen LogP contribution is -2.35. The number of hydrogen-bond donors (Lipinski definition) is 1. The van der Waals surface area contributed by atoms with Gasteiger partial charge in [-0.05, 0) is 19.1 Å². The van der Waals surface area contributed by atoms with Crippen LogP contribution in [0.4, 0.5) is 13.2 Å². The van der Waals surface area contributed by atoms with Crippen LogP contribution in [-0.4, -0.2) is 33.4 Å². The van der Waals surface area contributed by atoms with Crippen LogP contribution in [0.1, 0.15) is 21.7 Å². The predicted octanol–water partition coefficient (Wildman–Crippen LogP) is 2.08.